The zero-order valence-electron chi connectivity index (χ0n) is 11.2. The summed E-state index contributed by atoms with van der Waals surface area (Å²) >= 11 is 13.5. The molecule has 1 atom stereocenters. The number of ether oxygens (including phenoxy) is 1. The molecule has 21 heavy (non-hydrogen) atoms. The van der Waals surface area contributed by atoms with Gasteiger partial charge in [-0.2, -0.15) is 0 Å². The molecule has 1 heterocycles. The number of carbonyl (C=O) groups is 1. The second-order valence-corrected chi connectivity index (χ2v) is 6.21. The van der Waals surface area contributed by atoms with Crippen molar-refractivity contribution in [2.45, 2.75) is 12.5 Å². The Morgan fingerprint density at radius 3 is 2.95 bits per heavy atom. The molecule has 1 aliphatic heterocycles. The molecule has 0 aliphatic carbocycles. The molecule has 1 amide bonds. The summed E-state index contributed by atoms with van der Waals surface area (Å²) < 4.78 is 5.54. The predicted molar refractivity (Wildman–Crippen MR) is 91.1 cm³/mol. The average Bonchev–Trinajstić information content (AvgIpc) is 2.94. The van der Waals surface area contributed by atoms with Crippen molar-refractivity contribution in [1.82, 2.24) is 10.6 Å². The summed E-state index contributed by atoms with van der Waals surface area (Å²) in [5.74, 6) is 2.34. The first-order valence-electron chi connectivity index (χ1n) is 6.33. The lowest BCUT2D eigenvalue weighted by Gasteiger charge is -2.11. The van der Waals surface area contributed by atoms with Crippen molar-refractivity contribution in [1.29, 1.82) is 0 Å². The molecule has 1 aromatic carbocycles. The van der Waals surface area contributed by atoms with Crippen LogP contribution in [-0.2, 0) is 4.79 Å². The Labute approximate surface area is 144 Å². The molecule has 2 rings (SSSR count). The van der Waals surface area contributed by atoms with Crippen molar-refractivity contribution in [2.24, 2.45) is 0 Å². The van der Waals surface area contributed by atoms with Gasteiger partial charge in [-0.1, -0.05) is 23.2 Å². The zero-order valence-corrected chi connectivity index (χ0v) is 14.4. The first-order valence-corrected chi connectivity index (χ1v) is 8.24. The minimum Gasteiger partial charge on any atom is -0.492 e. The fourth-order valence-corrected chi connectivity index (χ4v) is 3.15. The molecule has 1 fully saturated rings. The largest absolute Gasteiger partial charge is 0.492 e. The Balaban J connectivity index is 0.00000220. The Hall–Kier alpha value is -0.330. The summed E-state index contributed by atoms with van der Waals surface area (Å²) in [5, 5.41) is 7.09. The molecule has 0 saturated carbocycles. The number of benzene rings is 1. The van der Waals surface area contributed by atoms with Crippen LogP contribution in [-0.4, -0.2) is 36.7 Å². The van der Waals surface area contributed by atoms with Crippen LogP contribution in [0.25, 0.3) is 0 Å². The average molecular weight is 372 g/mol. The lowest BCUT2D eigenvalue weighted by Crippen LogP contribution is -2.42. The van der Waals surface area contributed by atoms with E-state index in [1.54, 1.807) is 30.0 Å². The third kappa shape index (κ3) is 6.12. The number of rotatable bonds is 6. The quantitative estimate of drug-likeness (QED) is 0.755. The van der Waals surface area contributed by atoms with Crippen molar-refractivity contribution in [3.8, 4) is 5.75 Å². The van der Waals surface area contributed by atoms with Crippen LogP contribution < -0.4 is 15.4 Å². The van der Waals surface area contributed by atoms with Crippen LogP contribution in [0.1, 0.15) is 6.42 Å². The molecule has 1 aromatic rings. The fourth-order valence-electron chi connectivity index (χ4n) is 1.74. The third-order valence-electron chi connectivity index (χ3n) is 2.80. The van der Waals surface area contributed by atoms with Gasteiger partial charge in [-0.3, -0.25) is 10.1 Å². The molecule has 8 heteroatoms. The summed E-state index contributed by atoms with van der Waals surface area (Å²) in [7, 11) is 0. The number of carbonyl (C=O) groups excluding carboxylic acids is 1. The fraction of sp³-hybridized carbons (Fsp3) is 0.462. The molecule has 0 spiro atoms. The highest BCUT2D eigenvalue weighted by atomic mass is 35.5. The summed E-state index contributed by atoms with van der Waals surface area (Å²) in [5.41, 5.74) is 0. The van der Waals surface area contributed by atoms with Gasteiger partial charge in [0, 0.05) is 23.2 Å². The molecular weight excluding hydrogens is 355 g/mol. The highest BCUT2D eigenvalue weighted by Gasteiger charge is 2.21. The van der Waals surface area contributed by atoms with E-state index in [-0.39, 0.29) is 24.4 Å². The minimum atomic E-state index is -0.0633. The van der Waals surface area contributed by atoms with Crippen LogP contribution in [0.4, 0.5) is 0 Å². The van der Waals surface area contributed by atoms with Gasteiger partial charge >= 0.3 is 0 Å². The van der Waals surface area contributed by atoms with Crippen LogP contribution in [0, 0.1) is 0 Å². The Morgan fingerprint density at radius 1 is 1.48 bits per heavy atom. The standard InChI is InChI=1S/C13H16Cl2N2O2S.ClH/c14-9-2-3-12(10(15)6-9)19-5-1-4-16-13(18)11-7-20-8-17-11;/h2-3,6,11,17H,1,4-5,7-8H2,(H,16,18);1H. The van der Waals surface area contributed by atoms with Crippen LogP contribution in [0.15, 0.2) is 18.2 Å². The number of thioether (sulfide) groups is 1. The Kier molecular flexibility index (Phi) is 8.59. The number of amides is 1. The molecule has 0 radical (unpaired) electrons. The van der Waals surface area contributed by atoms with Gasteiger partial charge in [0.15, 0.2) is 0 Å². The second-order valence-electron chi connectivity index (χ2n) is 4.34. The molecule has 1 saturated heterocycles. The number of halogens is 3. The highest BCUT2D eigenvalue weighted by molar-refractivity contribution is 7.99. The Morgan fingerprint density at radius 2 is 2.29 bits per heavy atom. The minimum absolute atomic E-state index is 0. The van der Waals surface area contributed by atoms with Gasteiger partial charge in [-0.05, 0) is 24.6 Å². The van der Waals surface area contributed by atoms with E-state index >= 15 is 0 Å². The first kappa shape index (κ1) is 18.7. The van der Waals surface area contributed by atoms with Crippen LogP contribution in [0.3, 0.4) is 0 Å². The lowest BCUT2D eigenvalue weighted by molar-refractivity contribution is -0.122. The van der Waals surface area contributed by atoms with Gasteiger partial charge in [-0.15, -0.1) is 24.2 Å². The smallest absolute Gasteiger partial charge is 0.238 e. The van der Waals surface area contributed by atoms with E-state index in [9.17, 15) is 4.79 Å². The molecule has 1 aliphatic rings. The maximum absolute atomic E-state index is 11.7. The number of hydrogen-bond acceptors (Lipinski definition) is 4. The van der Waals surface area contributed by atoms with E-state index in [1.165, 1.54) is 0 Å². The molecule has 0 aromatic heterocycles. The van der Waals surface area contributed by atoms with Crippen LogP contribution in [0.2, 0.25) is 10.0 Å². The molecule has 2 N–H and O–H groups in total. The number of hydrogen-bond donors (Lipinski definition) is 2. The maximum Gasteiger partial charge on any atom is 0.238 e. The first-order chi connectivity index (χ1) is 9.66. The van der Waals surface area contributed by atoms with Gasteiger partial charge in [0.2, 0.25) is 5.91 Å². The summed E-state index contributed by atoms with van der Waals surface area (Å²) in [4.78, 5) is 11.7. The van der Waals surface area contributed by atoms with E-state index in [0.717, 1.165) is 18.1 Å². The van der Waals surface area contributed by atoms with Crippen molar-refractivity contribution < 1.29 is 9.53 Å². The van der Waals surface area contributed by atoms with Crippen LogP contribution >= 0.6 is 47.4 Å². The normalized spacial score (nSPS) is 17.1. The Bertz CT molecular complexity index is 471. The predicted octanol–water partition coefficient (Wildman–Crippen LogP) is 2.96. The number of nitrogens with one attached hydrogen (secondary N) is 2. The van der Waals surface area contributed by atoms with E-state index in [2.05, 4.69) is 10.6 Å². The lowest BCUT2D eigenvalue weighted by atomic mass is 10.3. The molecular formula is C13H17Cl3N2O2S. The van der Waals surface area contributed by atoms with Gasteiger partial charge in [-0.25, -0.2) is 0 Å². The SMILES string of the molecule is Cl.O=C(NCCCOc1ccc(Cl)cc1Cl)C1CSCN1. The second kappa shape index (κ2) is 9.64. The van der Waals surface area contributed by atoms with Crippen molar-refractivity contribution >= 4 is 53.3 Å². The molecule has 4 nitrogen and oxygen atoms in total. The maximum atomic E-state index is 11.7. The summed E-state index contributed by atoms with van der Waals surface area (Å²) in [6, 6.07) is 5.05. The van der Waals surface area contributed by atoms with Gasteiger partial charge < -0.3 is 10.1 Å². The van der Waals surface area contributed by atoms with Crippen molar-refractivity contribution in [3.63, 3.8) is 0 Å². The topological polar surface area (TPSA) is 50.4 Å². The van der Waals surface area contributed by atoms with Gasteiger partial charge in [0.25, 0.3) is 0 Å². The van der Waals surface area contributed by atoms with Crippen molar-refractivity contribution in [2.75, 3.05) is 24.8 Å². The molecule has 1 unspecified atom stereocenters. The van der Waals surface area contributed by atoms with E-state index in [1.807, 2.05) is 0 Å². The summed E-state index contributed by atoms with van der Waals surface area (Å²) in [6.07, 6.45) is 0.727. The van der Waals surface area contributed by atoms with Gasteiger partial charge in [0.05, 0.1) is 17.7 Å². The molecule has 118 valence electrons. The summed E-state index contributed by atoms with van der Waals surface area (Å²) in [6.45, 7) is 1.08. The third-order valence-corrected chi connectivity index (χ3v) is 4.27. The van der Waals surface area contributed by atoms with Crippen LogP contribution in [0.5, 0.6) is 5.75 Å². The highest BCUT2D eigenvalue weighted by Crippen LogP contribution is 2.27. The van der Waals surface area contributed by atoms with Crippen molar-refractivity contribution in [3.05, 3.63) is 28.2 Å². The monoisotopic (exact) mass is 370 g/mol. The zero-order chi connectivity index (χ0) is 14.4. The van der Waals surface area contributed by atoms with E-state index in [0.29, 0.717) is 28.9 Å². The molecule has 0 bridgehead atoms. The van der Waals surface area contributed by atoms with E-state index < -0.39 is 0 Å². The van der Waals surface area contributed by atoms with Gasteiger partial charge in [0.1, 0.15) is 5.75 Å². The van der Waals surface area contributed by atoms with E-state index in [4.69, 9.17) is 27.9 Å².